The molecule has 2 aliphatic carbocycles. The summed E-state index contributed by atoms with van der Waals surface area (Å²) in [7, 11) is 0. The van der Waals surface area contributed by atoms with Crippen LogP contribution in [0.2, 0.25) is 15.5 Å². The molecule has 0 aromatic rings. The maximum atomic E-state index is 2.66. The fourth-order valence-corrected chi connectivity index (χ4v) is 20.9. The first-order valence-electron chi connectivity index (χ1n) is 8.15. The van der Waals surface area contributed by atoms with Crippen LogP contribution in [0.25, 0.3) is 0 Å². The molecule has 0 atom stereocenters. The van der Waals surface area contributed by atoms with Crippen LogP contribution in [-0.4, -0.2) is 0 Å². The number of hydrogen-bond donors (Lipinski definition) is 0. The number of rotatable bonds is 2. The molecule has 0 amide bonds. The molecule has 0 aromatic carbocycles. The van der Waals surface area contributed by atoms with E-state index in [1.54, 1.807) is 0 Å². The van der Waals surface area contributed by atoms with Gasteiger partial charge < -0.3 is 0 Å². The Bertz CT molecular complexity index is 459. The third-order valence-corrected chi connectivity index (χ3v) is 21.7. The van der Waals surface area contributed by atoms with Crippen molar-refractivity contribution in [2.24, 2.45) is 10.8 Å². The third kappa shape index (κ3) is 2.69. The normalized spacial score (nSPS) is 22.2. The summed E-state index contributed by atoms with van der Waals surface area (Å²) in [4.78, 5) is 0. The largest absolute Gasteiger partial charge is 0 e. The van der Waals surface area contributed by atoms with Crippen LogP contribution in [-0.2, 0) is 46.5 Å². The molecule has 2 heteroatoms. The van der Waals surface area contributed by atoms with E-state index in [9.17, 15) is 0 Å². The molecule has 0 saturated carbocycles. The molecule has 0 aromatic heterocycles. The fraction of sp³-hybridized carbons (Fsp3) is 0.600. The molecule has 120 valence electrons. The topological polar surface area (TPSA) is 0 Å². The van der Waals surface area contributed by atoms with Crippen LogP contribution >= 0.6 is 0 Å². The fourth-order valence-electron chi connectivity index (χ4n) is 4.99. The van der Waals surface area contributed by atoms with E-state index in [1.165, 1.54) is 0 Å². The van der Waals surface area contributed by atoms with E-state index in [2.05, 4.69) is 99.4 Å². The second-order valence-corrected chi connectivity index (χ2v) is 21.4. The minimum Gasteiger partial charge on any atom is 0 e. The first-order valence-corrected chi connectivity index (χ1v) is 15.5. The Morgan fingerprint density at radius 1 is 0.591 bits per heavy atom. The maximum absolute atomic E-state index is 2.69. The van der Waals surface area contributed by atoms with Crippen molar-refractivity contribution in [3.05, 3.63) is 48.6 Å². The van der Waals surface area contributed by atoms with Gasteiger partial charge in [-0.25, -0.2) is 0 Å². The zero-order valence-electron chi connectivity index (χ0n) is 15.6. The molecular weight excluding hydrogens is 423 g/mol. The molecule has 22 heavy (non-hydrogen) atoms. The van der Waals surface area contributed by atoms with Gasteiger partial charge in [0.2, 0.25) is 0 Å². The summed E-state index contributed by atoms with van der Waals surface area (Å²) in [5, 5.41) is 0. The smallest absolute Gasteiger partial charge is 0 e. The zero-order valence-corrected chi connectivity index (χ0v) is 20.5. The van der Waals surface area contributed by atoms with Gasteiger partial charge in [0.1, 0.15) is 0 Å². The molecule has 0 spiro atoms. The summed E-state index contributed by atoms with van der Waals surface area (Å²) < 4.78 is 5.83. The number of allylic oxidation sites excluding steroid dienone is 8. The Morgan fingerprint density at radius 3 is 1.00 bits per heavy atom. The molecule has 0 bridgehead atoms. The third-order valence-electron chi connectivity index (χ3n) is 6.21. The Balaban J connectivity index is 0.00000242. The Morgan fingerprint density at radius 2 is 0.818 bits per heavy atom. The van der Waals surface area contributed by atoms with Crippen LogP contribution in [0.5, 0.6) is 0 Å². The standard InChI is InChI=1S/2C9H13.2CH3.2Zr/c2*1-9(2,3)8-6-4-5-7-8;;;;/h2*4-7H,1-3H3;2*1H3;;. The minimum atomic E-state index is -2.69. The minimum absolute atomic E-state index is 0. The van der Waals surface area contributed by atoms with E-state index in [0.29, 0.717) is 0 Å². The van der Waals surface area contributed by atoms with E-state index in [-0.39, 0.29) is 43.3 Å². The van der Waals surface area contributed by atoms with Crippen LogP contribution < -0.4 is 0 Å². The summed E-state index contributed by atoms with van der Waals surface area (Å²) in [5.41, 5.74) is 0.525. The van der Waals surface area contributed by atoms with E-state index >= 15 is 0 Å². The van der Waals surface area contributed by atoms with E-state index in [0.717, 1.165) is 0 Å². The average Bonchev–Trinajstić information content (AvgIpc) is 2.98. The van der Waals surface area contributed by atoms with Crippen LogP contribution in [0, 0.1) is 10.8 Å². The second kappa shape index (κ2) is 6.22. The van der Waals surface area contributed by atoms with Crippen LogP contribution in [0.4, 0.5) is 0 Å². The summed E-state index contributed by atoms with van der Waals surface area (Å²) in [6.45, 7) is 14.5. The summed E-state index contributed by atoms with van der Waals surface area (Å²) in [6, 6.07) is 0. The van der Waals surface area contributed by atoms with Crippen molar-refractivity contribution < 1.29 is 46.5 Å². The summed E-state index contributed by atoms with van der Waals surface area (Å²) in [6.07, 6.45) is 19.2. The molecule has 0 heterocycles. The summed E-state index contributed by atoms with van der Waals surface area (Å²) in [5.74, 6) is 0. The summed E-state index contributed by atoms with van der Waals surface area (Å²) >= 11 is -2.69. The molecule has 0 N–H and O–H groups in total. The van der Waals surface area contributed by atoms with Gasteiger partial charge in [-0.1, -0.05) is 0 Å². The van der Waals surface area contributed by atoms with Crippen LogP contribution in [0.15, 0.2) is 48.6 Å². The van der Waals surface area contributed by atoms with Gasteiger partial charge in [0.15, 0.2) is 0 Å². The maximum Gasteiger partial charge on any atom is 0 e. The van der Waals surface area contributed by atoms with Crippen molar-refractivity contribution in [3.8, 4) is 0 Å². The van der Waals surface area contributed by atoms with Crippen molar-refractivity contribution in [1.82, 2.24) is 0 Å². The monoisotopic (exact) mass is 452 g/mol. The van der Waals surface area contributed by atoms with E-state index < -0.39 is 20.3 Å². The molecule has 0 fully saturated rings. The zero-order chi connectivity index (χ0) is 16.2. The molecule has 0 saturated heterocycles. The Hall–Kier alpha value is 0.726. The van der Waals surface area contributed by atoms with Gasteiger partial charge in [0.05, 0.1) is 0 Å². The van der Waals surface area contributed by atoms with Gasteiger partial charge in [-0.3, -0.25) is 0 Å². The van der Waals surface area contributed by atoms with Crippen LogP contribution in [0.3, 0.4) is 0 Å². The van der Waals surface area contributed by atoms with Gasteiger partial charge in [-0.05, 0) is 0 Å². The van der Waals surface area contributed by atoms with Crippen molar-refractivity contribution in [2.75, 3.05) is 0 Å². The van der Waals surface area contributed by atoms with Gasteiger partial charge >= 0.3 is 137 Å². The molecule has 0 unspecified atom stereocenters. The van der Waals surface area contributed by atoms with Crippen molar-refractivity contribution in [1.29, 1.82) is 0 Å². The molecule has 0 aliphatic heterocycles. The molecule has 2 aliphatic rings. The SMILES string of the molecule is CC(C)(C)[C]1([Zr]([CH3])([CH3])[C]2(C(C)(C)C)C=CC=C2)C=CC=C1.[Zr]. The molecule has 0 nitrogen and oxygen atoms in total. The molecule has 2 rings (SSSR count). The van der Waals surface area contributed by atoms with E-state index in [4.69, 9.17) is 0 Å². The predicted molar refractivity (Wildman–Crippen MR) is 92.6 cm³/mol. The quantitative estimate of drug-likeness (QED) is 0.426. The molecular formula is C20H32Zr2. The molecule has 0 radical (unpaired) electrons. The van der Waals surface area contributed by atoms with Gasteiger partial charge in [-0.15, -0.1) is 0 Å². The van der Waals surface area contributed by atoms with Crippen LogP contribution in [0.1, 0.15) is 41.5 Å². The van der Waals surface area contributed by atoms with Crippen molar-refractivity contribution in [2.45, 2.75) is 57.1 Å². The average molecular weight is 455 g/mol. The van der Waals surface area contributed by atoms with Crippen molar-refractivity contribution in [3.63, 3.8) is 0 Å². The first-order chi connectivity index (χ1) is 9.41. The van der Waals surface area contributed by atoms with Gasteiger partial charge in [0, 0.05) is 26.2 Å². The van der Waals surface area contributed by atoms with Gasteiger partial charge in [0.25, 0.3) is 0 Å². The number of hydrogen-bond acceptors (Lipinski definition) is 0. The first kappa shape index (κ1) is 20.8. The van der Waals surface area contributed by atoms with Crippen molar-refractivity contribution >= 4 is 0 Å². The Labute approximate surface area is 161 Å². The van der Waals surface area contributed by atoms with E-state index in [1.807, 2.05) is 0 Å². The second-order valence-electron chi connectivity index (χ2n) is 9.30. The van der Waals surface area contributed by atoms with Gasteiger partial charge in [-0.2, -0.15) is 0 Å². The predicted octanol–water partition coefficient (Wildman–Crippen LogP) is 6.90. The Kier molecular flexibility index (Phi) is 5.88.